The third kappa shape index (κ3) is 4.73. The number of hydrogen-bond donors (Lipinski definition) is 0. The lowest BCUT2D eigenvalue weighted by Crippen LogP contribution is -2.35. The van der Waals surface area contributed by atoms with Gasteiger partial charge in [-0.05, 0) is 80.1 Å². The minimum absolute atomic E-state index is 0.215. The number of halogens is 3. The average molecular weight is 424 g/mol. The van der Waals surface area contributed by atoms with Gasteiger partial charge in [-0.25, -0.2) is 4.39 Å². The van der Waals surface area contributed by atoms with E-state index in [1.807, 2.05) is 12.1 Å². The molecule has 0 aliphatic carbocycles. The van der Waals surface area contributed by atoms with Gasteiger partial charge in [0.15, 0.2) is 11.5 Å². The number of benzene rings is 2. The van der Waals surface area contributed by atoms with Gasteiger partial charge in [0.05, 0.1) is 0 Å². The van der Waals surface area contributed by atoms with Crippen LogP contribution in [0, 0.1) is 11.7 Å². The van der Waals surface area contributed by atoms with Gasteiger partial charge in [-0.15, -0.1) is 0 Å². The molecule has 0 spiro atoms. The fourth-order valence-corrected chi connectivity index (χ4v) is 4.44. The molecule has 2 aliphatic heterocycles. The molecule has 1 fully saturated rings. The summed E-state index contributed by atoms with van der Waals surface area (Å²) in [4.78, 5) is 2.47. The largest absolute Gasteiger partial charge is 0.486 e. The second-order valence-corrected chi connectivity index (χ2v) is 8.38. The zero-order valence-electron chi connectivity index (χ0n) is 15.7. The summed E-state index contributed by atoms with van der Waals surface area (Å²) in [5.74, 6) is 1.86. The topological polar surface area (TPSA) is 21.7 Å². The molecule has 0 atom stereocenters. The van der Waals surface area contributed by atoms with Crippen LogP contribution in [0.25, 0.3) is 0 Å². The van der Waals surface area contributed by atoms with E-state index in [0.29, 0.717) is 24.2 Å². The lowest BCUT2D eigenvalue weighted by atomic mass is 9.90. The molecular formula is C22H24Cl2FNO2. The van der Waals surface area contributed by atoms with Crippen molar-refractivity contribution < 1.29 is 13.9 Å². The van der Waals surface area contributed by atoms with Gasteiger partial charge >= 0.3 is 0 Å². The fraction of sp³-hybridized carbons (Fsp3) is 0.455. The van der Waals surface area contributed by atoms with Crippen LogP contribution in [0.1, 0.15) is 24.0 Å². The maximum Gasteiger partial charge on any atom is 0.162 e. The molecule has 2 heterocycles. The number of rotatable bonds is 5. The molecule has 0 N–H and O–H groups in total. The summed E-state index contributed by atoms with van der Waals surface area (Å²) in [6.07, 6.45) is 3.93. The van der Waals surface area contributed by atoms with Crippen LogP contribution in [-0.2, 0) is 12.8 Å². The first-order valence-corrected chi connectivity index (χ1v) is 10.6. The van der Waals surface area contributed by atoms with E-state index in [-0.39, 0.29) is 5.82 Å². The zero-order chi connectivity index (χ0) is 19.5. The van der Waals surface area contributed by atoms with Crippen LogP contribution in [-0.4, -0.2) is 37.7 Å². The fourth-order valence-electron chi connectivity index (χ4n) is 4.00. The Morgan fingerprint density at radius 3 is 2.39 bits per heavy atom. The van der Waals surface area contributed by atoms with Crippen molar-refractivity contribution in [2.45, 2.75) is 25.7 Å². The molecule has 2 aliphatic rings. The monoisotopic (exact) mass is 423 g/mol. The third-order valence-electron chi connectivity index (χ3n) is 5.63. The highest BCUT2D eigenvalue weighted by Gasteiger charge is 2.21. The molecule has 2 aromatic rings. The lowest BCUT2D eigenvalue weighted by molar-refractivity contribution is 0.171. The summed E-state index contributed by atoms with van der Waals surface area (Å²) in [6, 6.07) is 8.50. The minimum atomic E-state index is -0.215. The number of likely N-dealkylation sites (tertiary alicyclic amines) is 1. The molecule has 0 aromatic heterocycles. The van der Waals surface area contributed by atoms with Gasteiger partial charge in [-0.2, -0.15) is 0 Å². The summed E-state index contributed by atoms with van der Waals surface area (Å²) < 4.78 is 24.7. The van der Waals surface area contributed by atoms with Crippen molar-refractivity contribution in [3.63, 3.8) is 0 Å². The maximum atomic E-state index is 13.5. The van der Waals surface area contributed by atoms with Crippen LogP contribution in [0.3, 0.4) is 0 Å². The molecule has 3 nitrogen and oxygen atoms in total. The number of ether oxygens (including phenoxy) is 2. The molecule has 150 valence electrons. The molecule has 0 radical (unpaired) electrons. The second kappa shape index (κ2) is 8.89. The van der Waals surface area contributed by atoms with Gasteiger partial charge in [0.2, 0.25) is 0 Å². The molecule has 0 saturated carbocycles. The first-order valence-electron chi connectivity index (χ1n) is 9.83. The molecule has 28 heavy (non-hydrogen) atoms. The highest BCUT2D eigenvalue weighted by Crippen LogP contribution is 2.35. The average Bonchev–Trinajstić information content (AvgIpc) is 2.70. The highest BCUT2D eigenvalue weighted by atomic mass is 35.5. The van der Waals surface area contributed by atoms with E-state index in [4.69, 9.17) is 32.7 Å². The number of piperidine rings is 1. The van der Waals surface area contributed by atoms with Gasteiger partial charge in [-0.1, -0.05) is 23.2 Å². The molecule has 0 bridgehead atoms. The summed E-state index contributed by atoms with van der Waals surface area (Å²) in [6.45, 7) is 4.20. The van der Waals surface area contributed by atoms with E-state index < -0.39 is 0 Å². The Kier molecular flexibility index (Phi) is 6.29. The molecule has 2 aromatic carbocycles. The summed E-state index contributed by atoms with van der Waals surface area (Å²) in [7, 11) is 0. The summed E-state index contributed by atoms with van der Waals surface area (Å²) >= 11 is 12.6. The highest BCUT2D eigenvalue weighted by molar-refractivity contribution is 6.31. The van der Waals surface area contributed by atoms with Crippen LogP contribution in [0.5, 0.6) is 11.5 Å². The molecule has 6 heteroatoms. The molecule has 0 unspecified atom stereocenters. The normalized spacial score (nSPS) is 17.7. The van der Waals surface area contributed by atoms with Gasteiger partial charge < -0.3 is 14.4 Å². The smallest absolute Gasteiger partial charge is 0.162 e. The van der Waals surface area contributed by atoms with E-state index in [0.717, 1.165) is 73.0 Å². The van der Waals surface area contributed by atoms with Crippen LogP contribution in [0.15, 0.2) is 30.3 Å². The number of fused-ring (bicyclic) bond motifs is 1. The first kappa shape index (κ1) is 19.8. The van der Waals surface area contributed by atoms with Gasteiger partial charge in [-0.3, -0.25) is 0 Å². The molecule has 0 amide bonds. The van der Waals surface area contributed by atoms with Crippen molar-refractivity contribution in [3.8, 4) is 11.5 Å². The van der Waals surface area contributed by atoms with E-state index in [1.54, 1.807) is 12.1 Å². The maximum absolute atomic E-state index is 13.5. The Morgan fingerprint density at radius 1 is 0.929 bits per heavy atom. The minimum Gasteiger partial charge on any atom is -0.486 e. The van der Waals surface area contributed by atoms with Crippen molar-refractivity contribution in [1.29, 1.82) is 0 Å². The SMILES string of the molecule is Fc1ccc(Cl)c(CC2CCN(CCc3cc4c(cc3Cl)OCCO4)CC2)c1. The Bertz CT molecular complexity index is 838. The van der Waals surface area contributed by atoms with Gasteiger partial charge in [0.1, 0.15) is 19.0 Å². The number of hydrogen-bond acceptors (Lipinski definition) is 3. The van der Waals surface area contributed by atoms with E-state index >= 15 is 0 Å². The van der Waals surface area contributed by atoms with Gasteiger partial charge in [0.25, 0.3) is 0 Å². The van der Waals surface area contributed by atoms with Crippen molar-refractivity contribution in [2.24, 2.45) is 5.92 Å². The van der Waals surface area contributed by atoms with Crippen LogP contribution < -0.4 is 9.47 Å². The number of nitrogens with zero attached hydrogens (tertiary/aromatic N) is 1. The lowest BCUT2D eigenvalue weighted by Gasteiger charge is -2.32. The van der Waals surface area contributed by atoms with Crippen molar-refractivity contribution in [2.75, 3.05) is 32.8 Å². The molecular weight excluding hydrogens is 400 g/mol. The Morgan fingerprint density at radius 2 is 1.64 bits per heavy atom. The first-order chi connectivity index (χ1) is 13.6. The van der Waals surface area contributed by atoms with Crippen LogP contribution >= 0.6 is 23.2 Å². The quantitative estimate of drug-likeness (QED) is 0.642. The van der Waals surface area contributed by atoms with E-state index in [1.165, 1.54) is 6.07 Å². The predicted octanol–water partition coefficient (Wildman–Crippen LogP) is 5.40. The zero-order valence-corrected chi connectivity index (χ0v) is 17.2. The second-order valence-electron chi connectivity index (χ2n) is 7.56. The van der Waals surface area contributed by atoms with Crippen molar-refractivity contribution in [3.05, 3.63) is 57.3 Å². The standard InChI is InChI=1S/C22H24Cl2FNO2/c23-19-2-1-18(25)12-17(19)11-15-3-6-26(7-4-15)8-5-16-13-21-22(14-20(16)24)28-10-9-27-21/h1-2,12-15H,3-11H2. The van der Waals surface area contributed by atoms with Crippen molar-refractivity contribution >= 4 is 23.2 Å². The Hall–Kier alpha value is -1.49. The summed E-state index contributed by atoms with van der Waals surface area (Å²) in [5, 5.41) is 1.40. The molecule has 1 saturated heterocycles. The Balaban J connectivity index is 1.28. The van der Waals surface area contributed by atoms with E-state index in [9.17, 15) is 4.39 Å². The van der Waals surface area contributed by atoms with Crippen molar-refractivity contribution in [1.82, 2.24) is 4.90 Å². The van der Waals surface area contributed by atoms with Gasteiger partial charge in [0, 0.05) is 22.7 Å². The van der Waals surface area contributed by atoms with Crippen LogP contribution in [0.4, 0.5) is 4.39 Å². The summed E-state index contributed by atoms with van der Waals surface area (Å²) in [5.41, 5.74) is 2.02. The molecule has 4 rings (SSSR count). The van der Waals surface area contributed by atoms with E-state index in [2.05, 4.69) is 4.90 Å². The predicted molar refractivity (Wildman–Crippen MR) is 110 cm³/mol. The Labute approximate surface area is 175 Å². The third-order valence-corrected chi connectivity index (χ3v) is 6.35. The van der Waals surface area contributed by atoms with Crippen LogP contribution in [0.2, 0.25) is 10.0 Å².